The SMILES string of the molecule is C=C(SC(=C\C)/C(=C/C)SC(=C)C(C)C)C(C)C. The van der Waals surface area contributed by atoms with E-state index in [1.807, 2.05) is 0 Å². The second kappa shape index (κ2) is 8.71. The summed E-state index contributed by atoms with van der Waals surface area (Å²) in [5, 5.41) is 0. The average molecular weight is 283 g/mol. The van der Waals surface area contributed by atoms with Crippen LogP contribution in [0, 0.1) is 11.8 Å². The molecule has 0 N–H and O–H groups in total. The third-order valence-corrected chi connectivity index (χ3v) is 5.48. The lowest BCUT2D eigenvalue weighted by molar-refractivity contribution is 0.820. The Morgan fingerprint density at radius 2 is 1.06 bits per heavy atom. The Morgan fingerprint density at radius 1 is 0.778 bits per heavy atom. The van der Waals surface area contributed by atoms with Crippen molar-refractivity contribution in [2.24, 2.45) is 11.8 Å². The van der Waals surface area contributed by atoms with Crippen molar-refractivity contribution >= 4 is 23.5 Å². The molecule has 0 saturated carbocycles. The molecule has 0 unspecified atom stereocenters. The summed E-state index contributed by atoms with van der Waals surface area (Å²) in [5.74, 6) is 1.00. The van der Waals surface area contributed by atoms with Crippen molar-refractivity contribution in [2.75, 3.05) is 0 Å². The standard InChI is InChI=1S/C16H26S2/c1-9-15(17-13(7)11(3)4)16(10-2)18-14(8)12(5)6/h9-12H,7-8H2,1-6H3/b15-9-,16-10-. The molecule has 18 heavy (non-hydrogen) atoms. The average Bonchev–Trinajstić information content (AvgIpc) is 2.32. The quantitative estimate of drug-likeness (QED) is 0.482. The summed E-state index contributed by atoms with van der Waals surface area (Å²) in [4.78, 5) is 4.97. The van der Waals surface area contributed by atoms with E-state index in [1.165, 1.54) is 19.6 Å². The van der Waals surface area contributed by atoms with Crippen LogP contribution in [0.5, 0.6) is 0 Å². The van der Waals surface area contributed by atoms with Crippen LogP contribution in [-0.2, 0) is 0 Å². The van der Waals surface area contributed by atoms with Gasteiger partial charge < -0.3 is 0 Å². The van der Waals surface area contributed by atoms with Crippen LogP contribution in [-0.4, -0.2) is 0 Å². The topological polar surface area (TPSA) is 0 Å². The fraction of sp³-hybridized carbons (Fsp3) is 0.500. The molecule has 0 bridgehead atoms. The van der Waals surface area contributed by atoms with Gasteiger partial charge in [0.2, 0.25) is 0 Å². The van der Waals surface area contributed by atoms with Gasteiger partial charge in [-0.3, -0.25) is 0 Å². The number of hydrogen-bond donors (Lipinski definition) is 0. The summed E-state index contributed by atoms with van der Waals surface area (Å²) in [5.41, 5.74) is 0. The molecule has 0 atom stereocenters. The fourth-order valence-electron chi connectivity index (χ4n) is 1.02. The third-order valence-electron chi connectivity index (χ3n) is 2.54. The zero-order valence-corrected chi connectivity index (χ0v) is 14.2. The Labute approximate surface area is 122 Å². The molecule has 0 saturated heterocycles. The normalized spacial score (nSPS) is 13.3. The highest BCUT2D eigenvalue weighted by molar-refractivity contribution is 8.11. The summed E-state index contributed by atoms with van der Waals surface area (Å²) in [7, 11) is 0. The maximum Gasteiger partial charge on any atom is 0.0212 e. The first-order valence-corrected chi connectivity index (χ1v) is 8.03. The van der Waals surface area contributed by atoms with Crippen molar-refractivity contribution in [3.8, 4) is 0 Å². The van der Waals surface area contributed by atoms with E-state index in [9.17, 15) is 0 Å². The molecule has 0 spiro atoms. The van der Waals surface area contributed by atoms with Gasteiger partial charge in [-0.05, 0) is 35.5 Å². The molecule has 0 aliphatic heterocycles. The fourth-order valence-corrected chi connectivity index (χ4v) is 2.98. The first-order chi connectivity index (χ1) is 8.33. The van der Waals surface area contributed by atoms with Crippen LogP contribution in [0.1, 0.15) is 41.5 Å². The van der Waals surface area contributed by atoms with Crippen molar-refractivity contribution in [3.63, 3.8) is 0 Å². The molecule has 0 aliphatic carbocycles. The van der Waals surface area contributed by atoms with Crippen LogP contribution < -0.4 is 0 Å². The molecule has 0 aromatic heterocycles. The Balaban J connectivity index is 4.83. The Morgan fingerprint density at radius 3 is 1.22 bits per heavy atom. The molecule has 0 fully saturated rings. The number of allylic oxidation sites excluding steroid dienone is 4. The summed E-state index contributed by atoms with van der Waals surface area (Å²) in [6.45, 7) is 21.2. The Bertz CT molecular complexity index is 321. The second-order valence-corrected chi connectivity index (χ2v) is 7.09. The summed E-state index contributed by atoms with van der Waals surface area (Å²) < 4.78 is 0. The minimum Gasteiger partial charge on any atom is -0.0941 e. The lowest BCUT2D eigenvalue weighted by atomic mass is 10.2. The first kappa shape index (κ1) is 17.7. The summed E-state index contributed by atoms with van der Waals surface area (Å²) >= 11 is 3.55. The molecule has 0 radical (unpaired) electrons. The Kier molecular flexibility index (Phi) is 8.54. The van der Waals surface area contributed by atoms with Crippen LogP contribution in [0.25, 0.3) is 0 Å². The van der Waals surface area contributed by atoms with Crippen molar-refractivity contribution in [2.45, 2.75) is 41.5 Å². The summed E-state index contributed by atoms with van der Waals surface area (Å²) in [6, 6.07) is 0. The van der Waals surface area contributed by atoms with Crippen LogP contribution >= 0.6 is 23.5 Å². The highest BCUT2D eigenvalue weighted by Crippen LogP contribution is 2.41. The van der Waals surface area contributed by atoms with E-state index in [1.54, 1.807) is 23.5 Å². The highest BCUT2D eigenvalue weighted by atomic mass is 32.2. The van der Waals surface area contributed by atoms with Crippen molar-refractivity contribution in [1.82, 2.24) is 0 Å². The number of thioether (sulfide) groups is 2. The minimum atomic E-state index is 0.501. The lowest BCUT2D eigenvalue weighted by Crippen LogP contribution is -1.92. The van der Waals surface area contributed by atoms with E-state index in [4.69, 9.17) is 0 Å². The maximum absolute atomic E-state index is 4.14. The number of hydrogen-bond acceptors (Lipinski definition) is 2. The number of rotatable bonds is 7. The minimum absolute atomic E-state index is 0.501. The van der Waals surface area contributed by atoms with Gasteiger partial charge in [0.1, 0.15) is 0 Å². The first-order valence-electron chi connectivity index (χ1n) is 6.39. The Hall–Kier alpha value is -0.340. The van der Waals surface area contributed by atoms with Crippen LogP contribution in [0.3, 0.4) is 0 Å². The zero-order chi connectivity index (χ0) is 14.3. The smallest absolute Gasteiger partial charge is 0.0212 e. The highest BCUT2D eigenvalue weighted by Gasteiger charge is 2.12. The molecule has 0 aromatic rings. The van der Waals surface area contributed by atoms with Crippen LogP contribution in [0.15, 0.2) is 44.9 Å². The van der Waals surface area contributed by atoms with Gasteiger partial charge in [0, 0.05) is 9.81 Å². The van der Waals surface area contributed by atoms with Gasteiger partial charge >= 0.3 is 0 Å². The molecule has 102 valence electrons. The zero-order valence-electron chi connectivity index (χ0n) is 12.5. The van der Waals surface area contributed by atoms with E-state index in [2.05, 4.69) is 66.9 Å². The van der Waals surface area contributed by atoms with Gasteiger partial charge in [-0.15, -0.1) is 0 Å². The molecule has 2 heteroatoms. The van der Waals surface area contributed by atoms with Gasteiger partial charge in [-0.2, -0.15) is 0 Å². The van der Waals surface area contributed by atoms with Crippen LogP contribution in [0.2, 0.25) is 0 Å². The van der Waals surface area contributed by atoms with Gasteiger partial charge in [0.15, 0.2) is 0 Å². The van der Waals surface area contributed by atoms with Crippen molar-refractivity contribution < 1.29 is 0 Å². The maximum atomic E-state index is 4.14. The molecule has 0 aromatic carbocycles. The molecule has 0 rings (SSSR count). The second-order valence-electron chi connectivity index (χ2n) is 4.75. The van der Waals surface area contributed by atoms with E-state index in [0.29, 0.717) is 11.8 Å². The van der Waals surface area contributed by atoms with Crippen molar-refractivity contribution in [3.05, 3.63) is 44.9 Å². The van der Waals surface area contributed by atoms with E-state index in [0.717, 1.165) is 0 Å². The molecule has 0 nitrogen and oxygen atoms in total. The molecular formula is C16H26S2. The monoisotopic (exact) mass is 282 g/mol. The van der Waals surface area contributed by atoms with Crippen molar-refractivity contribution in [1.29, 1.82) is 0 Å². The molecule has 0 heterocycles. The van der Waals surface area contributed by atoms with E-state index < -0.39 is 0 Å². The summed E-state index contributed by atoms with van der Waals surface area (Å²) in [6.07, 6.45) is 4.32. The van der Waals surface area contributed by atoms with Gasteiger partial charge in [0.25, 0.3) is 0 Å². The van der Waals surface area contributed by atoms with Crippen LogP contribution in [0.4, 0.5) is 0 Å². The van der Waals surface area contributed by atoms with Gasteiger partial charge in [0.05, 0.1) is 0 Å². The lowest BCUT2D eigenvalue weighted by Gasteiger charge is -2.16. The molecular weight excluding hydrogens is 256 g/mol. The molecule has 0 aliphatic rings. The third kappa shape index (κ3) is 6.01. The van der Waals surface area contributed by atoms with Gasteiger partial charge in [-0.25, -0.2) is 0 Å². The predicted octanol–water partition coefficient (Wildman–Crippen LogP) is 6.60. The predicted molar refractivity (Wildman–Crippen MR) is 90.7 cm³/mol. The van der Waals surface area contributed by atoms with Gasteiger partial charge in [-0.1, -0.05) is 76.5 Å². The molecule has 0 amide bonds. The van der Waals surface area contributed by atoms with E-state index >= 15 is 0 Å². The van der Waals surface area contributed by atoms with E-state index in [-0.39, 0.29) is 0 Å². The largest absolute Gasteiger partial charge is 0.0941 e.